The highest BCUT2D eigenvalue weighted by Gasteiger charge is 2.19. The highest BCUT2D eigenvalue weighted by atomic mass is 32.2. The summed E-state index contributed by atoms with van der Waals surface area (Å²) in [5.41, 5.74) is 3.02. The molecule has 156 valence electrons. The number of sulfonamides is 1. The monoisotopic (exact) mass is 414 g/mol. The fourth-order valence-electron chi connectivity index (χ4n) is 4.46. The predicted octanol–water partition coefficient (Wildman–Crippen LogP) is 2.87. The van der Waals surface area contributed by atoms with E-state index in [1.165, 1.54) is 37.7 Å². The smallest absolute Gasteiger partial charge is 0.261 e. The number of hydrogen-bond acceptors (Lipinski definition) is 3. The molecule has 0 aromatic heterocycles. The van der Waals surface area contributed by atoms with E-state index in [-0.39, 0.29) is 0 Å². The second-order valence-electron chi connectivity index (χ2n) is 8.50. The zero-order chi connectivity index (χ0) is 20.3. The van der Waals surface area contributed by atoms with Gasteiger partial charge in [-0.15, -0.1) is 0 Å². The van der Waals surface area contributed by atoms with Crippen molar-refractivity contribution in [1.82, 2.24) is 0 Å². The van der Waals surface area contributed by atoms with Crippen LogP contribution in [0, 0.1) is 0 Å². The molecular weight excluding hydrogens is 382 g/mol. The standard InChI is InChI=1S/C23H31N3O2S/c1-25-15-17-26(18-16-25)22-11-9-21(10-12-22)24-29(27,28)23-13-7-20(8-14-23)19-5-3-2-4-6-19/h7-14,19,24H,2-6,15-18H2,1H3/p+1. The summed E-state index contributed by atoms with van der Waals surface area (Å²) in [4.78, 5) is 4.23. The number of benzene rings is 2. The Kier molecular flexibility index (Phi) is 6.11. The van der Waals surface area contributed by atoms with E-state index in [1.54, 1.807) is 17.0 Å². The van der Waals surface area contributed by atoms with Crippen molar-refractivity contribution in [2.75, 3.05) is 42.8 Å². The van der Waals surface area contributed by atoms with Crippen molar-refractivity contribution in [2.24, 2.45) is 0 Å². The van der Waals surface area contributed by atoms with Crippen LogP contribution < -0.4 is 14.5 Å². The third-order valence-electron chi connectivity index (χ3n) is 6.37. The third-order valence-corrected chi connectivity index (χ3v) is 7.77. The van der Waals surface area contributed by atoms with Gasteiger partial charge in [0.15, 0.2) is 0 Å². The first-order chi connectivity index (χ1) is 14.0. The largest absolute Gasteiger partial charge is 0.360 e. The van der Waals surface area contributed by atoms with Crippen molar-refractivity contribution in [1.29, 1.82) is 0 Å². The fourth-order valence-corrected chi connectivity index (χ4v) is 5.51. The first-order valence-corrected chi connectivity index (χ1v) is 12.3. The lowest BCUT2D eigenvalue weighted by Crippen LogP contribution is -3.12. The SMILES string of the molecule is C[NH+]1CCN(c2ccc(NS(=O)(=O)c3ccc(C4CCCCC4)cc3)cc2)CC1. The molecule has 4 rings (SSSR count). The van der Waals surface area contributed by atoms with Crippen molar-refractivity contribution in [3.05, 3.63) is 54.1 Å². The molecule has 0 bridgehead atoms. The molecule has 2 aromatic rings. The summed E-state index contributed by atoms with van der Waals surface area (Å²) < 4.78 is 28.3. The van der Waals surface area contributed by atoms with Gasteiger partial charge in [-0.05, 0) is 60.7 Å². The van der Waals surface area contributed by atoms with Gasteiger partial charge in [0.2, 0.25) is 0 Å². The Labute approximate surface area is 174 Å². The molecule has 2 fully saturated rings. The summed E-state index contributed by atoms with van der Waals surface area (Å²) in [5.74, 6) is 0.581. The van der Waals surface area contributed by atoms with E-state index in [1.807, 2.05) is 36.4 Å². The maximum Gasteiger partial charge on any atom is 0.261 e. The molecule has 0 radical (unpaired) electrons. The number of nitrogens with one attached hydrogen (secondary N) is 2. The molecule has 0 spiro atoms. The number of nitrogens with zero attached hydrogens (tertiary/aromatic N) is 1. The molecule has 5 nitrogen and oxygen atoms in total. The molecular formula is C23H32N3O2S+. The fraction of sp³-hybridized carbons (Fsp3) is 0.478. The molecule has 0 unspecified atom stereocenters. The van der Waals surface area contributed by atoms with Gasteiger partial charge in [0.1, 0.15) is 0 Å². The lowest BCUT2D eigenvalue weighted by Gasteiger charge is -2.31. The predicted molar refractivity (Wildman–Crippen MR) is 118 cm³/mol. The van der Waals surface area contributed by atoms with Gasteiger partial charge in [0, 0.05) is 11.4 Å². The molecule has 0 atom stereocenters. The maximum atomic E-state index is 12.8. The molecule has 1 aliphatic carbocycles. The average molecular weight is 415 g/mol. The molecule has 1 aliphatic heterocycles. The van der Waals surface area contributed by atoms with Gasteiger partial charge in [-0.1, -0.05) is 31.4 Å². The molecule has 2 aromatic carbocycles. The topological polar surface area (TPSA) is 53.9 Å². The van der Waals surface area contributed by atoms with Gasteiger partial charge in [-0.3, -0.25) is 4.72 Å². The average Bonchev–Trinajstić information content (AvgIpc) is 2.75. The normalized spacial score (nSPS) is 19.3. The van der Waals surface area contributed by atoms with Crippen LogP contribution in [0.1, 0.15) is 43.6 Å². The van der Waals surface area contributed by atoms with Crippen LogP contribution in [0.2, 0.25) is 0 Å². The van der Waals surface area contributed by atoms with Crippen LogP contribution in [0.4, 0.5) is 11.4 Å². The molecule has 0 amide bonds. The Morgan fingerprint density at radius 1 is 0.897 bits per heavy atom. The van der Waals surface area contributed by atoms with Gasteiger partial charge in [0.05, 0.1) is 38.1 Å². The van der Waals surface area contributed by atoms with Crippen molar-refractivity contribution in [2.45, 2.75) is 42.9 Å². The molecule has 2 N–H and O–H groups in total. The number of quaternary nitrogens is 1. The highest BCUT2D eigenvalue weighted by Crippen LogP contribution is 2.33. The van der Waals surface area contributed by atoms with E-state index in [2.05, 4.69) is 16.7 Å². The zero-order valence-corrected chi connectivity index (χ0v) is 18.0. The van der Waals surface area contributed by atoms with Gasteiger partial charge in [-0.25, -0.2) is 8.42 Å². The van der Waals surface area contributed by atoms with Crippen LogP contribution in [0.5, 0.6) is 0 Å². The number of piperazine rings is 1. The Bertz CT molecular complexity index is 896. The van der Waals surface area contributed by atoms with Crippen LogP contribution in [0.3, 0.4) is 0 Å². The Morgan fingerprint density at radius 2 is 1.52 bits per heavy atom. The van der Waals surface area contributed by atoms with E-state index in [9.17, 15) is 8.42 Å². The number of anilines is 2. The molecule has 29 heavy (non-hydrogen) atoms. The number of likely N-dealkylation sites (N-methyl/N-ethyl adjacent to an activating group) is 1. The van der Waals surface area contributed by atoms with Crippen LogP contribution in [0.25, 0.3) is 0 Å². The van der Waals surface area contributed by atoms with Gasteiger partial charge < -0.3 is 9.80 Å². The Hall–Kier alpha value is -2.05. The van der Waals surface area contributed by atoms with Crippen LogP contribution in [-0.4, -0.2) is 41.6 Å². The minimum Gasteiger partial charge on any atom is -0.360 e. The maximum absolute atomic E-state index is 12.8. The number of rotatable bonds is 5. The van der Waals surface area contributed by atoms with Crippen LogP contribution >= 0.6 is 0 Å². The molecule has 1 saturated heterocycles. The zero-order valence-electron chi connectivity index (χ0n) is 17.2. The lowest BCUT2D eigenvalue weighted by atomic mass is 9.84. The third kappa shape index (κ3) is 4.93. The summed E-state index contributed by atoms with van der Waals surface area (Å²) in [7, 11) is -1.35. The minimum absolute atomic E-state index is 0.322. The second-order valence-corrected chi connectivity index (χ2v) is 10.2. The van der Waals surface area contributed by atoms with Crippen molar-refractivity contribution in [3.63, 3.8) is 0 Å². The summed E-state index contributed by atoms with van der Waals surface area (Å²) in [6, 6.07) is 15.2. The van der Waals surface area contributed by atoms with Gasteiger partial charge >= 0.3 is 0 Å². The van der Waals surface area contributed by atoms with E-state index in [0.717, 1.165) is 31.9 Å². The van der Waals surface area contributed by atoms with Crippen LogP contribution in [0.15, 0.2) is 53.4 Å². The molecule has 2 aliphatic rings. The summed E-state index contributed by atoms with van der Waals surface area (Å²) in [6.45, 7) is 4.32. The Morgan fingerprint density at radius 3 is 2.14 bits per heavy atom. The molecule has 6 heteroatoms. The quantitative estimate of drug-likeness (QED) is 0.791. The molecule has 1 saturated carbocycles. The summed E-state index contributed by atoms with van der Waals surface area (Å²) >= 11 is 0. The van der Waals surface area contributed by atoms with Crippen molar-refractivity contribution in [3.8, 4) is 0 Å². The van der Waals surface area contributed by atoms with Crippen molar-refractivity contribution >= 4 is 21.4 Å². The number of hydrogen-bond donors (Lipinski definition) is 2. The first-order valence-electron chi connectivity index (χ1n) is 10.8. The van der Waals surface area contributed by atoms with E-state index in [4.69, 9.17) is 0 Å². The van der Waals surface area contributed by atoms with E-state index < -0.39 is 10.0 Å². The lowest BCUT2D eigenvalue weighted by molar-refractivity contribution is -0.880. The van der Waals surface area contributed by atoms with Gasteiger partial charge in [-0.2, -0.15) is 0 Å². The summed E-state index contributed by atoms with van der Waals surface area (Å²) in [6.07, 6.45) is 6.30. The van der Waals surface area contributed by atoms with Gasteiger partial charge in [0.25, 0.3) is 10.0 Å². The van der Waals surface area contributed by atoms with Crippen LogP contribution in [-0.2, 0) is 10.0 Å². The van der Waals surface area contributed by atoms with Crippen molar-refractivity contribution < 1.29 is 13.3 Å². The summed E-state index contributed by atoms with van der Waals surface area (Å²) in [5, 5.41) is 0. The Balaban J connectivity index is 1.41. The second kappa shape index (κ2) is 8.76. The highest BCUT2D eigenvalue weighted by molar-refractivity contribution is 7.92. The van der Waals surface area contributed by atoms with E-state index >= 15 is 0 Å². The minimum atomic E-state index is -3.57. The molecule has 1 heterocycles. The van der Waals surface area contributed by atoms with E-state index in [0.29, 0.717) is 16.5 Å². The first kappa shape index (κ1) is 20.2.